The molecule has 0 aromatic rings. The summed E-state index contributed by atoms with van der Waals surface area (Å²) in [5, 5.41) is 12.2. The molecule has 1 heterocycles. The zero-order chi connectivity index (χ0) is 14.5. The number of carboxylic acids is 1. The first-order valence-electron chi connectivity index (χ1n) is 7.08. The van der Waals surface area contributed by atoms with Crippen molar-refractivity contribution in [2.45, 2.75) is 44.7 Å². The summed E-state index contributed by atoms with van der Waals surface area (Å²) in [7, 11) is 3.46. The Kier molecular flexibility index (Phi) is 6.23. The molecule has 0 radical (unpaired) electrons. The number of likely N-dealkylation sites (tertiary alicyclic amines) is 1. The molecule has 2 N–H and O–H groups in total. The van der Waals surface area contributed by atoms with Crippen LogP contribution in [0, 0.1) is 5.92 Å². The quantitative estimate of drug-likeness (QED) is 0.729. The molecule has 0 spiro atoms. The average molecular weight is 272 g/mol. The van der Waals surface area contributed by atoms with Gasteiger partial charge in [0.05, 0.1) is 0 Å². The van der Waals surface area contributed by atoms with E-state index >= 15 is 0 Å². The number of piperidine rings is 1. The molecule has 2 atom stereocenters. The summed E-state index contributed by atoms with van der Waals surface area (Å²) in [5.41, 5.74) is -0.844. The van der Waals surface area contributed by atoms with Crippen molar-refractivity contribution >= 4 is 5.97 Å². The number of ether oxygens (including phenoxy) is 1. The van der Waals surface area contributed by atoms with Crippen LogP contribution in [0.15, 0.2) is 0 Å². The van der Waals surface area contributed by atoms with Crippen molar-refractivity contribution in [3.63, 3.8) is 0 Å². The molecular weight excluding hydrogens is 244 g/mol. The molecule has 19 heavy (non-hydrogen) atoms. The SMILES string of the molecule is CNC(C)(CC(C)N1CCC(COC)CC1)C(=O)O. The van der Waals surface area contributed by atoms with Gasteiger partial charge in [0.25, 0.3) is 0 Å². The van der Waals surface area contributed by atoms with Crippen LogP contribution in [-0.4, -0.2) is 61.4 Å². The normalized spacial score (nSPS) is 22.9. The Balaban J connectivity index is 2.47. The monoisotopic (exact) mass is 272 g/mol. The Morgan fingerprint density at radius 3 is 2.53 bits per heavy atom. The van der Waals surface area contributed by atoms with Gasteiger partial charge in [0, 0.05) is 19.8 Å². The Labute approximate surface area is 116 Å². The number of nitrogens with zero attached hydrogens (tertiary/aromatic N) is 1. The largest absolute Gasteiger partial charge is 0.480 e. The lowest BCUT2D eigenvalue weighted by molar-refractivity contribution is -0.144. The number of nitrogens with one attached hydrogen (secondary N) is 1. The molecule has 0 amide bonds. The number of carboxylic acid groups (broad SMARTS) is 1. The number of hydrogen-bond donors (Lipinski definition) is 2. The highest BCUT2D eigenvalue weighted by atomic mass is 16.5. The highest BCUT2D eigenvalue weighted by Gasteiger charge is 2.35. The molecule has 0 aromatic heterocycles. The van der Waals surface area contributed by atoms with Gasteiger partial charge in [-0.3, -0.25) is 4.79 Å². The van der Waals surface area contributed by atoms with Gasteiger partial charge in [-0.25, -0.2) is 0 Å². The fourth-order valence-electron chi connectivity index (χ4n) is 2.81. The van der Waals surface area contributed by atoms with E-state index < -0.39 is 11.5 Å². The highest BCUT2D eigenvalue weighted by Crippen LogP contribution is 2.23. The van der Waals surface area contributed by atoms with Crippen molar-refractivity contribution in [1.29, 1.82) is 0 Å². The fraction of sp³-hybridized carbons (Fsp3) is 0.929. The molecule has 1 fully saturated rings. The third-order valence-electron chi connectivity index (χ3n) is 4.40. The Hall–Kier alpha value is -0.650. The van der Waals surface area contributed by atoms with Crippen LogP contribution >= 0.6 is 0 Å². The minimum absolute atomic E-state index is 0.275. The maximum atomic E-state index is 11.3. The lowest BCUT2D eigenvalue weighted by Crippen LogP contribution is -2.53. The standard InChI is InChI=1S/C14H28N2O3/c1-11(9-14(2,15-3)13(17)18)16-7-5-12(6-8-16)10-19-4/h11-12,15H,5-10H2,1-4H3,(H,17,18). The summed E-state index contributed by atoms with van der Waals surface area (Å²) in [6, 6.07) is 0.275. The van der Waals surface area contributed by atoms with Crippen molar-refractivity contribution in [2.24, 2.45) is 5.92 Å². The van der Waals surface area contributed by atoms with Crippen LogP contribution in [0.4, 0.5) is 0 Å². The summed E-state index contributed by atoms with van der Waals surface area (Å²) in [4.78, 5) is 13.7. The number of aliphatic carboxylic acids is 1. The Morgan fingerprint density at radius 1 is 1.53 bits per heavy atom. The number of methoxy groups -OCH3 is 1. The molecule has 2 unspecified atom stereocenters. The maximum absolute atomic E-state index is 11.3. The number of hydrogen-bond acceptors (Lipinski definition) is 4. The van der Waals surface area contributed by atoms with E-state index in [1.807, 2.05) is 0 Å². The van der Waals surface area contributed by atoms with Gasteiger partial charge in [-0.1, -0.05) is 0 Å². The summed E-state index contributed by atoms with van der Waals surface area (Å²) < 4.78 is 5.20. The second kappa shape index (κ2) is 7.22. The topological polar surface area (TPSA) is 61.8 Å². The van der Waals surface area contributed by atoms with Crippen molar-refractivity contribution in [3.05, 3.63) is 0 Å². The van der Waals surface area contributed by atoms with Crippen LogP contribution in [0.3, 0.4) is 0 Å². The maximum Gasteiger partial charge on any atom is 0.323 e. The number of carbonyl (C=O) groups is 1. The molecule has 0 bridgehead atoms. The zero-order valence-corrected chi connectivity index (χ0v) is 12.6. The first kappa shape index (κ1) is 16.4. The van der Waals surface area contributed by atoms with Crippen LogP contribution < -0.4 is 5.32 Å². The van der Waals surface area contributed by atoms with Gasteiger partial charge in [0.2, 0.25) is 0 Å². The van der Waals surface area contributed by atoms with Gasteiger partial charge in [-0.05, 0) is 59.2 Å². The summed E-state index contributed by atoms with van der Waals surface area (Å²) in [5.74, 6) is -0.125. The third kappa shape index (κ3) is 4.44. The Morgan fingerprint density at radius 2 is 2.11 bits per heavy atom. The van der Waals surface area contributed by atoms with Gasteiger partial charge in [0.15, 0.2) is 0 Å². The predicted octanol–water partition coefficient (Wildman–Crippen LogP) is 1.19. The van der Waals surface area contributed by atoms with Crippen LogP contribution in [0.25, 0.3) is 0 Å². The smallest absolute Gasteiger partial charge is 0.323 e. The van der Waals surface area contributed by atoms with Crippen molar-refractivity contribution < 1.29 is 14.6 Å². The van der Waals surface area contributed by atoms with Crippen LogP contribution in [-0.2, 0) is 9.53 Å². The molecule has 5 heteroatoms. The van der Waals surface area contributed by atoms with Gasteiger partial charge >= 0.3 is 5.97 Å². The molecule has 5 nitrogen and oxygen atoms in total. The molecule has 0 aromatic carbocycles. The van der Waals surface area contributed by atoms with Crippen molar-refractivity contribution in [3.8, 4) is 0 Å². The van der Waals surface area contributed by atoms with Crippen LogP contribution in [0.1, 0.15) is 33.1 Å². The van der Waals surface area contributed by atoms with Crippen molar-refractivity contribution in [1.82, 2.24) is 10.2 Å². The fourth-order valence-corrected chi connectivity index (χ4v) is 2.81. The molecule has 1 rings (SSSR count). The zero-order valence-electron chi connectivity index (χ0n) is 12.6. The summed E-state index contributed by atoms with van der Waals surface area (Å²) in [6.45, 7) is 6.79. The number of rotatable bonds is 7. The number of likely N-dealkylation sites (N-methyl/N-ethyl adjacent to an activating group) is 1. The molecule has 1 aliphatic rings. The first-order valence-corrected chi connectivity index (χ1v) is 7.08. The van der Waals surface area contributed by atoms with Gasteiger partial charge in [-0.15, -0.1) is 0 Å². The van der Waals surface area contributed by atoms with E-state index in [1.165, 1.54) is 0 Å². The lowest BCUT2D eigenvalue weighted by atomic mass is 9.90. The molecule has 0 aliphatic carbocycles. The molecule has 1 saturated heterocycles. The van der Waals surface area contributed by atoms with Gasteiger partial charge in [-0.2, -0.15) is 0 Å². The van der Waals surface area contributed by atoms with E-state index in [4.69, 9.17) is 4.74 Å². The molecule has 112 valence electrons. The van der Waals surface area contributed by atoms with E-state index in [1.54, 1.807) is 21.1 Å². The average Bonchev–Trinajstić information content (AvgIpc) is 2.39. The lowest BCUT2D eigenvalue weighted by Gasteiger charge is -2.38. The molecule has 1 aliphatic heterocycles. The predicted molar refractivity (Wildman–Crippen MR) is 75.4 cm³/mol. The van der Waals surface area contributed by atoms with E-state index in [-0.39, 0.29) is 6.04 Å². The Bertz CT molecular complexity index is 290. The van der Waals surface area contributed by atoms with E-state index in [0.29, 0.717) is 12.3 Å². The van der Waals surface area contributed by atoms with Gasteiger partial charge in [0.1, 0.15) is 5.54 Å². The van der Waals surface area contributed by atoms with Crippen LogP contribution in [0.5, 0.6) is 0 Å². The minimum Gasteiger partial charge on any atom is -0.480 e. The van der Waals surface area contributed by atoms with Crippen molar-refractivity contribution in [2.75, 3.05) is 33.9 Å². The minimum atomic E-state index is -0.844. The molecular formula is C14H28N2O3. The highest BCUT2D eigenvalue weighted by molar-refractivity contribution is 5.78. The summed E-state index contributed by atoms with van der Waals surface area (Å²) in [6.07, 6.45) is 2.90. The van der Waals surface area contributed by atoms with E-state index in [2.05, 4.69) is 17.1 Å². The summed E-state index contributed by atoms with van der Waals surface area (Å²) >= 11 is 0. The first-order chi connectivity index (χ1) is 8.92. The van der Waals surface area contributed by atoms with Crippen LogP contribution in [0.2, 0.25) is 0 Å². The van der Waals surface area contributed by atoms with Gasteiger partial charge < -0.3 is 20.1 Å². The third-order valence-corrected chi connectivity index (χ3v) is 4.40. The van der Waals surface area contributed by atoms with E-state index in [0.717, 1.165) is 32.5 Å². The molecule has 0 saturated carbocycles. The van der Waals surface area contributed by atoms with E-state index in [9.17, 15) is 9.90 Å². The second-order valence-electron chi connectivity index (χ2n) is 5.88. The second-order valence-corrected chi connectivity index (χ2v) is 5.88.